The third-order valence-corrected chi connectivity index (χ3v) is 7.10. The van der Waals surface area contributed by atoms with Gasteiger partial charge in [0.1, 0.15) is 35.0 Å². The van der Waals surface area contributed by atoms with Gasteiger partial charge in [0.2, 0.25) is 5.03 Å². The van der Waals surface area contributed by atoms with Gasteiger partial charge in [-0.25, -0.2) is 23.5 Å². The van der Waals surface area contributed by atoms with E-state index in [1.807, 2.05) is 17.6 Å². The lowest BCUT2D eigenvalue weighted by molar-refractivity contribution is 0.0820. The van der Waals surface area contributed by atoms with Crippen LogP contribution in [0, 0.1) is 13.8 Å². The van der Waals surface area contributed by atoms with Crippen LogP contribution in [-0.2, 0) is 27.9 Å². The Kier molecular flexibility index (Phi) is 6.11. The molecule has 1 aliphatic heterocycles. The summed E-state index contributed by atoms with van der Waals surface area (Å²) in [5.74, 6) is 1.09. The molecule has 0 spiro atoms. The van der Waals surface area contributed by atoms with Crippen LogP contribution < -0.4 is 15.3 Å². The minimum absolute atomic E-state index is 0.0410. The molecule has 12 heteroatoms. The predicted molar refractivity (Wildman–Crippen MR) is 132 cm³/mol. The van der Waals surface area contributed by atoms with Crippen LogP contribution in [0.15, 0.2) is 44.7 Å². The average Bonchev–Trinajstić information content (AvgIpc) is 3.25. The number of aromatic nitrogens is 3. The van der Waals surface area contributed by atoms with Gasteiger partial charge in [-0.15, -0.1) is 0 Å². The molecule has 4 heterocycles. The molecule has 1 atom stereocenters. The van der Waals surface area contributed by atoms with Crippen molar-refractivity contribution >= 4 is 32.6 Å². The van der Waals surface area contributed by atoms with Crippen LogP contribution in [-0.4, -0.2) is 29.6 Å². The molecule has 1 aromatic carbocycles. The molecule has 0 unspecified atom stereocenters. The first-order chi connectivity index (χ1) is 17.0. The number of sulfonamides is 1. The quantitative estimate of drug-likeness (QED) is 0.386. The molecule has 5 rings (SSSR count). The summed E-state index contributed by atoms with van der Waals surface area (Å²) in [7, 11) is -4.21. The second-order valence-corrected chi connectivity index (χ2v) is 10.5. The molecule has 0 fully saturated rings. The van der Waals surface area contributed by atoms with Crippen molar-refractivity contribution in [2.45, 2.75) is 45.1 Å². The number of halogens is 1. The van der Waals surface area contributed by atoms with Crippen LogP contribution in [0.1, 0.15) is 35.5 Å². The summed E-state index contributed by atoms with van der Waals surface area (Å²) < 4.78 is 44.0. The number of aryl methyl sites for hydroxylation is 1. The Morgan fingerprint density at radius 3 is 2.78 bits per heavy atom. The minimum atomic E-state index is -4.21. The Hall–Kier alpha value is -3.25. The van der Waals surface area contributed by atoms with E-state index in [9.17, 15) is 13.2 Å². The third kappa shape index (κ3) is 4.28. The highest BCUT2D eigenvalue weighted by atomic mass is 35.5. The number of imidazole rings is 1. The summed E-state index contributed by atoms with van der Waals surface area (Å²) in [5, 5.41) is 5.19. The maximum Gasteiger partial charge on any atom is 0.259 e. The predicted octanol–water partition coefficient (Wildman–Crippen LogP) is 3.64. The fourth-order valence-corrected chi connectivity index (χ4v) is 5.17. The maximum atomic E-state index is 13.4. The average molecular weight is 531 g/mol. The van der Waals surface area contributed by atoms with E-state index in [1.165, 1.54) is 12.1 Å². The molecule has 10 nitrogen and oxygen atoms in total. The first kappa shape index (κ1) is 24.4. The fourth-order valence-electron chi connectivity index (χ4n) is 4.35. The first-order valence-electron chi connectivity index (χ1n) is 11.1. The van der Waals surface area contributed by atoms with Crippen LogP contribution in [0.5, 0.6) is 5.75 Å². The third-order valence-electron chi connectivity index (χ3n) is 6.06. The van der Waals surface area contributed by atoms with E-state index in [-0.39, 0.29) is 16.3 Å². The van der Waals surface area contributed by atoms with E-state index in [4.69, 9.17) is 30.6 Å². The zero-order chi connectivity index (χ0) is 25.8. The molecule has 1 aliphatic rings. The number of hydrogen-bond donors (Lipinski definition) is 1. The molecular weight excluding hydrogens is 508 g/mol. The van der Waals surface area contributed by atoms with E-state index in [2.05, 4.69) is 9.97 Å². The SMILES string of the molecule is Cc1cc([C@@H](C)Oc2ccc(Cl)nc2S(N)(=O)=O)c2oc(-c3cnc4n3CCOC4)c(C)c(=O)c2c1. The number of ether oxygens (including phenoxy) is 2. The van der Waals surface area contributed by atoms with E-state index >= 15 is 0 Å². The highest BCUT2D eigenvalue weighted by Gasteiger charge is 2.25. The number of nitrogens with zero attached hydrogens (tertiary/aromatic N) is 3. The zero-order valence-corrected chi connectivity index (χ0v) is 21.3. The van der Waals surface area contributed by atoms with Crippen molar-refractivity contribution in [1.82, 2.24) is 14.5 Å². The molecular formula is C24H23ClN4O6S. The van der Waals surface area contributed by atoms with E-state index in [0.29, 0.717) is 53.3 Å². The lowest BCUT2D eigenvalue weighted by Crippen LogP contribution is -2.18. The molecule has 4 aromatic rings. The van der Waals surface area contributed by atoms with Crippen LogP contribution >= 0.6 is 11.6 Å². The van der Waals surface area contributed by atoms with Crippen LogP contribution in [0.2, 0.25) is 5.15 Å². The van der Waals surface area contributed by atoms with Gasteiger partial charge in [-0.05, 0) is 50.6 Å². The molecule has 3 aromatic heterocycles. The summed E-state index contributed by atoms with van der Waals surface area (Å²) in [4.78, 5) is 21.7. The summed E-state index contributed by atoms with van der Waals surface area (Å²) in [6.45, 7) is 6.79. The first-order valence-corrected chi connectivity index (χ1v) is 13.0. The number of rotatable bonds is 5. The second-order valence-electron chi connectivity index (χ2n) is 8.62. The van der Waals surface area contributed by atoms with Crippen molar-refractivity contribution in [3.63, 3.8) is 0 Å². The Balaban J connectivity index is 1.67. The molecule has 0 saturated carbocycles. The van der Waals surface area contributed by atoms with Crippen molar-refractivity contribution in [3.8, 4) is 17.2 Å². The molecule has 0 bridgehead atoms. The van der Waals surface area contributed by atoms with Gasteiger partial charge in [-0.3, -0.25) is 4.79 Å². The van der Waals surface area contributed by atoms with E-state index in [0.717, 1.165) is 11.4 Å². The van der Waals surface area contributed by atoms with Gasteiger partial charge in [0, 0.05) is 17.7 Å². The molecule has 36 heavy (non-hydrogen) atoms. The van der Waals surface area contributed by atoms with Gasteiger partial charge in [-0.2, -0.15) is 0 Å². The summed E-state index contributed by atoms with van der Waals surface area (Å²) in [6.07, 6.45) is 0.939. The van der Waals surface area contributed by atoms with Crippen molar-refractivity contribution in [3.05, 3.63) is 68.4 Å². The van der Waals surface area contributed by atoms with Crippen molar-refractivity contribution in [2.24, 2.45) is 5.14 Å². The van der Waals surface area contributed by atoms with Gasteiger partial charge < -0.3 is 18.5 Å². The number of pyridine rings is 1. The van der Waals surface area contributed by atoms with Crippen molar-refractivity contribution < 1.29 is 22.3 Å². The van der Waals surface area contributed by atoms with Gasteiger partial charge in [0.15, 0.2) is 16.9 Å². The number of benzene rings is 1. The Morgan fingerprint density at radius 2 is 2.03 bits per heavy atom. The minimum Gasteiger partial charge on any atom is -0.483 e. The Morgan fingerprint density at radius 1 is 1.25 bits per heavy atom. The zero-order valence-electron chi connectivity index (χ0n) is 19.7. The number of primary sulfonamides is 1. The number of nitrogens with two attached hydrogens (primary N) is 1. The van der Waals surface area contributed by atoms with E-state index < -0.39 is 21.2 Å². The van der Waals surface area contributed by atoms with Gasteiger partial charge in [0.05, 0.1) is 18.2 Å². The molecule has 188 valence electrons. The standard InChI is InChI=1S/C24H23ClN4O6S/c1-12-8-15(14(3)34-18-4-5-19(25)28-24(18)36(26,31)32)23-16(9-12)21(30)13(2)22(35-23)17-10-27-20-11-33-7-6-29(17)20/h4-5,8-10,14H,6-7,11H2,1-3H3,(H2,26,31,32)/t14-/m1/s1. The molecule has 0 amide bonds. The second kappa shape index (κ2) is 9.00. The van der Waals surface area contributed by atoms with Crippen LogP contribution in [0.25, 0.3) is 22.4 Å². The van der Waals surface area contributed by atoms with Gasteiger partial charge in [0.25, 0.3) is 10.0 Å². The molecule has 0 aliphatic carbocycles. The maximum absolute atomic E-state index is 13.4. The normalized spacial score (nSPS) is 14.6. The Labute approximate surface area is 211 Å². The van der Waals surface area contributed by atoms with Crippen molar-refractivity contribution in [1.29, 1.82) is 0 Å². The van der Waals surface area contributed by atoms with Crippen LogP contribution in [0.4, 0.5) is 0 Å². The highest BCUT2D eigenvalue weighted by Crippen LogP contribution is 2.34. The fraction of sp³-hybridized carbons (Fsp3) is 0.292. The van der Waals surface area contributed by atoms with Gasteiger partial charge in [-0.1, -0.05) is 11.6 Å². The van der Waals surface area contributed by atoms with Crippen LogP contribution in [0.3, 0.4) is 0 Å². The smallest absolute Gasteiger partial charge is 0.259 e. The summed E-state index contributed by atoms with van der Waals surface area (Å²) in [6, 6.07) is 6.37. The van der Waals surface area contributed by atoms with E-state index in [1.54, 1.807) is 26.1 Å². The van der Waals surface area contributed by atoms with Gasteiger partial charge >= 0.3 is 0 Å². The summed E-state index contributed by atoms with van der Waals surface area (Å²) >= 11 is 5.87. The largest absolute Gasteiger partial charge is 0.483 e. The number of fused-ring (bicyclic) bond motifs is 2. The summed E-state index contributed by atoms with van der Waals surface area (Å²) in [5.41, 5.74) is 2.67. The lowest BCUT2D eigenvalue weighted by Gasteiger charge is -2.20. The Bertz CT molecular complexity index is 1680. The van der Waals surface area contributed by atoms with Crippen molar-refractivity contribution in [2.75, 3.05) is 6.61 Å². The lowest BCUT2D eigenvalue weighted by atomic mass is 10.0. The highest BCUT2D eigenvalue weighted by molar-refractivity contribution is 7.89. The molecule has 0 radical (unpaired) electrons. The molecule has 0 saturated heterocycles. The monoisotopic (exact) mass is 530 g/mol. The molecule has 2 N–H and O–H groups in total. The number of hydrogen-bond acceptors (Lipinski definition) is 8. The topological polar surface area (TPSA) is 140 Å².